The van der Waals surface area contributed by atoms with E-state index in [1.165, 1.54) is 12.1 Å². The second-order valence-corrected chi connectivity index (χ2v) is 9.29. The van der Waals surface area contributed by atoms with Crippen molar-refractivity contribution in [1.29, 1.82) is 0 Å². The van der Waals surface area contributed by atoms with Crippen molar-refractivity contribution in [3.63, 3.8) is 0 Å². The van der Waals surface area contributed by atoms with Crippen LogP contribution in [0.2, 0.25) is 0 Å². The first kappa shape index (κ1) is 29.4. The van der Waals surface area contributed by atoms with Gasteiger partial charge in [0.1, 0.15) is 6.04 Å². The zero-order chi connectivity index (χ0) is 26.7. The van der Waals surface area contributed by atoms with Gasteiger partial charge < -0.3 is 15.5 Å². The van der Waals surface area contributed by atoms with E-state index in [1.54, 1.807) is 0 Å². The van der Waals surface area contributed by atoms with E-state index < -0.39 is 23.7 Å². The molecule has 0 aromatic heterocycles. The van der Waals surface area contributed by atoms with Gasteiger partial charge >= 0.3 is 6.18 Å². The van der Waals surface area contributed by atoms with Crippen molar-refractivity contribution in [2.45, 2.75) is 71.1 Å². The average molecular weight is 506 g/mol. The molecule has 5 nitrogen and oxygen atoms in total. The summed E-state index contributed by atoms with van der Waals surface area (Å²) < 4.78 is 39.3. The molecule has 0 spiro atoms. The molecule has 36 heavy (non-hydrogen) atoms. The van der Waals surface area contributed by atoms with Crippen LogP contribution >= 0.6 is 0 Å². The number of aryl methyl sites for hydroxylation is 1. The largest absolute Gasteiger partial charge is 0.416 e. The van der Waals surface area contributed by atoms with Crippen LogP contribution in [-0.4, -0.2) is 42.4 Å². The van der Waals surface area contributed by atoms with Crippen molar-refractivity contribution >= 4 is 17.5 Å². The maximum absolute atomic E-state index is 13.1. The Morgan fingerprint density at radius 2 is 1.61 bits per heavy atom. The number of benzene rings is 2. The van der Waals surface area contributed by atoms with E-state index in [1.807, 2.05) is 44.3 Å². The van der Waals surface area contributed by atoms with Gasteiger partial charge in [-0.3, -0.25) is 9.59 Å². The van der Waals surface area contributed by atoms with Gasteiger partial charge in [0, 0.05) is 17.6 Å². The lowest BCUT2D eigenvalue weighted by molar-refractivity contribution is -0.137. The van der Waals surface area contributed by atoms with Gasteiger partial charge in [-0.15, -0.1) is 0 Å². The van der Waals surface area contributed by atoms with Crippen molar-refractivity contribution in [2.75, 3.05) is 18.9 Å². The number of alkyl halides is 3. The molecule has 0 aliphatic rings. The molecule has 2 aromatic carbocycles. The van der Waals surface area contributed by atoms with Gasteiger partial charge in [-0.2, -0.15) is 13.2 Å². The maximum Gasteiger partial charge on any atom is 0.416 e. The number of hydrogen-bond acceptors (Lipinski definition) is 3. The summed E-state index contributed by atoms with van der Waals surface area (Å²) in [6.45, 7) is 6.86. The summed E-state index contributed by atoms with van der Waals surface area (Å²) in [7, 11) is 2.05. The lowest BCUT2D eigenvalue weighted by Gasteiger charge is -2.27. The Balaban J connectivity index is 2.08. The number of halogens is 3. The van der Waals surface area contributed by atoms with Crippen LogP contribution in [0.1, 0.15) is 57.6 Å². The Kier molecular flexibility index (Phi) is 11.4. The summed E-state index contributed by atoms with van der Waals surface area (Å²) >= 11 is 0. The van der Waals surface area contributed by atoms with Crippen LogP contribution < -0.4 is 10.6 Å². The molecule has 0 aliphatic heterocycles. The molecule has 0 heterocycles. The van der Waals surface area contributed by atoms with Crippen molar-refractivity contribution < 1.29 is 22.8 Å². The fourth-order valence-electron chi connectivity index (χ4n) is 4.16. The van der Waals surface area contributed by atoms with E-state index in [2.05, 4.69) is 29.4 Å². The van der Waals surface area contributed by atoms with E-state index in [0.717, 1.165) is 37.1 Å². The number of nitrogens with zero attached hydrogens (tertiary/aromatic N) is 1. The van der Waals surface area contributed by atoms with Gasteiger partial charge in [0.05, 0.1) is 5.56 Å². The van der Waals surface area contributed by atoms with Crippen LogP contribution in [0.15, 0.2) is 54.6 Å². The molecule has 2 rings (SSSR count). The predicted octanol–water partition coefficient (Wildman–Crippen LogP) is 5.91. The van der Waals surface area contributed by atoms with Gasteiger partial charge in [-0.25, -0.2) is 0 Å². The molecule has 0 aliphatic carbocycles. The van der Waals surface area contributed by atoms with Crippen LogP contribution in [0, 0.1) is 5.92 Å². The molecule has 0 bridgehead atoms. The highest BCUT2D eigenvalue weighted by molar-refractivity contribution is 5.97. The van der Waals surface area contributed by atoms with Crippen LogP contribution in [-0.2, 0) is 22.2 Å². The van der Waals surface area contributed by atoms with Crippen LogP contribution in [0.3, 0.4) is 0 Å². The lowest BCUT2D eigenvalue weighted by Crippen LogP contribution is -2.46. The molecular weight excluding hydrogens is 467 g/mol. The van der Waals surface area contributed by atoms with Crippen LogP contribution in [0.4, 0.5) is 18.9 Å². The zero-order valence-corrected chi connectivity index (χ0v) is 21.6. The minimum atomic E-state index is -4.52. The Bertz CT molecular complexity index is 962. The van der Waals surface area contributed by atoms with E-state index in [0.29, 0.717) is 25.3 Å². The highest BCUT2D eigenvalue weighted by Crippen LogP contribution is 2.30. The Hall–Kier alpha value is -2.87. The molecule has 0 fully saturated rings. The highest BCUT2D eigenvalue weighted by Gasteiger charge is 2.31. The number of carbonyl (C=O) groups excluding carboxylic acids is 2. The fraction of sp³-hybridized carbons (Fsp3) is 0.500. The first-order valence-corrected chi connectivity index (χ1v) is 12.6. The molecule has 2 N–H and O–H groups in total. The Morgan fingerprint density at radius 1 is 0.944 bits per heavy atom. The van der Waals surface area contributed by atoms with E-state index in [4.69, 9.17) is 0 Å². The summed E-state index contributed by atoms with van der Waals surface area (Å²) in [5.74, 6) is -1.10. The molecule has 198 valence electrons. The molecule has 2 amide bonds. The van der Waals surface area contributed by atoms with Gasteiger partial charge in [0.15, 0.2) is 0 Å². The summed E-state index contributed by atoms with van der Waals surface area (Å²) in [6, 6.07) is 13.6. The Morgan fingerprint density at radius 3 is 2.22 bits per heavy atom. The summed E-state index contributed by atoms with van der Waals surface area (Å²) in [5.41, 5.74) is 0.192. The van der Waals surface area contributed by atoms with Gasteiger partial charge in [0.25, 0.3) is 0 Å². The zero-order valence-electron chi connectivity index (χ0n) is 21.6. The molecule has 2 aromatic rings. The normalized spacial score (nSPS) is 13.5. The number of carbonyl (C=O) groups is 2. The summed E-state index contributed by atoms with van der Waals surface area (Å²) in [4.78, 5) is 28.3. The van der Waals surface area contributed by atoms with Crippen molar-refractivity contribution in [1.82, 2.24) is 10.2 Å². The quantitative estimate of drug-likeness (QED) is 0.356. The lowest BCUT2D eigenvalue weighted by atomic mass is 10.0. The third-order valence-electron chi connectivity index (χ3n) is 6.58. The first-order valence-electron chi connectivity index (χ1n) is 12.6. The Labute approximate surface area is 212 Å². The minimum Gasteiger partial charge on any atom is -0.344 e. The molecule has 2 unspecified atom stereocenters. The van der Waals surface area contributed by atoms with E-state index in [-0.39, 0.29) is 17.5 Å². The predicted molar refractivity (Wildman–Crippen MR) is 138 cm³/mol. The fourth-order valence-corrected chi connectivity index (χ4v) is 4.16. The van der Waals surface area contributed by atoms with Gasteiger partial charge in [0.2, 0.25) is 11.8 Å². The van der Waals surface area contributed by atoms with Gasteiger partial charge in [-0.1, -0.05) is 57.2 Å². The average Bonchev–Trinajstić information content (AvgIpc) is 2.85. The highest BCUT2D eigenvalue weighted by atomic mass is 19.4. The monoisotopic (exact) mass is 505 g/mol. The van der Waals surface area contributed by atoms with Crippen LogP contribution in [0.25, 0.3) is 0 Å². The standard InChI is InChI=1S/C28H38F3N3O2/c1-5-24(6-2)34(4)18-17-20(3)26(35)33-25(16-15-21-11-8-7-9-12-21)27(36)32-23-14-10-13-22(19-23)28(29,30)31/h7-14,19-20,24-25H,5-6,15-18H2,1-4H3,(H,32,36)(H,33,35). The summed E-state index contributed by atoms with van der Waals surface area (Å²) in [5, 5.41) is 5.39. The number of amides is 2. The number of nitrogens with one attached hydrogen (secondary N) is 2. The molecule has 0 radical (unpaired) electrons. The SMILES string of the molecule is CCC(CC)N(C)CCC(C)C(=O)NC(CCc1ccccc1)C(=O)Nc1cccc(C(F)(F)F)c1. The number of anilines is 1. The van der Waals surface area contributed by atoms with E-state index in [9.17, 15) is 22.8 Å². The second kappa shape index (κ2) is 14.0. The summed E-state index contributed by atoms with van der Waals surface area (Å²) in [6.07, 6.45) is -0.956. The molecule has 0 saturated carbocycles. The maximum atomic E-state index is 13.1. The van der Waals surface area contributed by atoms with Gasteiger partial charge in [-0.05, 0) is 69.5 Å². The van der Waals surface area contributed by atoms with Crippen molar-refractivity contribution in [2.24, 2.45) is 5.92 Å². The van der Waals surface area contributed by atoms with Crippen molar-refractivity contribution in [3.05, 3.63) is 65.7 Å². The molecular formula is C28H38F3N3O2. The minimum absolute atomic E-state index is 0.0358. The third kappa shape index (κ3) is 9.30. The number of hydrogen-bond donors (Lipinski definition) is 2. The van der Waals surface area contributed by atoms with E-state index >= 15 is 0 Å². The topological polar surface area (TPSA) is 61.4 Å². The molecule has 2 atom stereocenters. The second-order valence-electron chi connectivity index (χ2n) is 9.29. The number of rotatable bonds is 13. The van der Waals surface area contributed by atoms with Crippen molar-refractivity contribution in [3.8, 4) is 0 Å². The third-order valence-corrected chi connectivity index (χ3v) is 6.58. The first-order chi connectivity index (χ1) is 17.0. The van der Waals surface area contributed by atoms with Crippen LogP contribution in [0.5, 0.6) is 0 Å². The molecule has 0 saturated heterocycles. The smallest absolute Gasteiger partial charge is 0.344 e. The molecule has 8 heteroatoms.